The molecule has 0 radical (unpaired) electrons. The van der Waals surface area contributed by atoms with Crippen LogP contribution in [0, 0.1) is 5.82 Å². The summed E-state index contributed by atoms with van der Waals surface area (Å²) in [5.41, 5.74) is 2.32. The molecule has 0 unspecified atom stereocenters. The van der Waals surface area contributed by atoms with Gasteiger partial charge in [-0.15, -0.1) is 0 Å². The second-order valence-corrected chi connectivity index (χ2v) is 4.21. The number of pyridine rings is 1. The molecule has 0 saturated carbocycles. The minimum Gasteiger partial charge on any atom is -0.236 e. The molecule has 1 aromatic heterocycles. The van der Waals surface area contributed by atoms with Crippen LogP contribution in [0.1, 0.15) is 5.56 Å². The van der Waals surface area contributed by atoms with Crippen LogP contribution in [0.2, 0.25) is 5.15 Å². The second kappa shape index (κ2) is 4.93. The number of aromatic nitrogens is 1. The standard InChI is InChI=1S/C12H8BrClFN/c13-7-9-4-5-11(16-12(9)14)8-2-1-3-10(15)6-8/h1-6H,7H2. The number of halogens is 3. The lowest BCUT2D eigenvalue weighted by Crippen LogP contribution is -1.89. The summed E-state index contributed by atoms with van der Waals surface area (Å²) in [7, 11) is 0. The monoisotopic (exact) mass is 299 g/mol. The lowest BCUT2D eigenvalue weighted by molar-refractivity contribution is 0.628. The zero-order chi connectivity index (χ0) is 11.5. The third-order valence-electron chi connectivity index (χ3n) is 2.19. The zero-order valence-corrected chi connectivity index (χ0v) is 10.6. The van der Waals surface area contributed by atoms with Gasteiger partial charge in [-0.3, -0.25) is 0 Å². The zero-order valence-electron chi connectivity index (χ0n) is 8.25. The van der Waals surface area contributed by atoms with Crippen molar-refractivity contribution < 1.29 is 4.39 Å². The number of hydrogen-bond donors (Lipinski definition) is 0. The minimum atomic E-state index is -0.278. The number of alkyl halides is 1. The Morgan fingerprint density at radius 3 is 2.69 bits per heavy atom. The molecule has 0 aliphatic carbocycles. The van der Waals surface area contributed by atoms with Crippen LogP contribution in [-0.4, -0.2) is 4.98 Å². The normalized spacial score (nSPS) is 10.4. The molecule has 16 heavy (non-hydrogen) atoms. The lowest BCUT2D eigenvalue weighted by atomic mass is 10.1. The van der Waals surface area contributed by atoms with Crippen LogP contribution >= 0.6 is 27.5 Å². The van der Waals surface area contributed by atoms with Gasteiger partial charge in [-0.2, -0.15) is 0 Å². The van der Waals surface area contributed by atoms with E-state index in [4.69, 9.17) is 11.6 Å². The summed E-state index contributed by atoms with van der Waals surface area (Å²) in [5, 5.41) is 1.10. The summed E-state index contributed by atoms with van der Waals surface area (Å²) in [6.45, 7) is 0. The van der Waals surface area contributed by atoms with Crippen LogP contribution in [0.25, 0.3) is 11.3 Å². The number of nitrogens with zero attached hydrogens (tertiary/aromatic N) is 1. The molecule has 1 nitrogen and oxygen atoms in total. The Balaban J connectivity index is 2.45. The van der Waals surface area contributed by atoms with Crippen molar-refractivity contribution in [3.63, 3.8) is 0 Å². The number of rotatable bonds is 2. The van der Waals surface area contributed by atoms with Crippen LogP contribution in [0.5, 0.6) is 0 Å². The largest absolute Gasteiger partial charge is 0.236 e. The molecule has 0 fully saturated rings. The van der Waals surface area contributed by atoms with Gasteiger partial charge in [0.15, 0.2) is 0 Å². The molecule has 0 N–H and O–H groups in total. The van der Waals surface area contributed by atoms with Gasteiger partial charge in [0.2, 0.25) is 0 Å². The van der Waals surface area contributed by atoms with Crippen molar-refractivity contribution >= 4 is 27.5 Å². The van der Waals surface area contributed by atoms with E-state index in [9.17, 15) is 4.39 Å². The smallest absolute Gasteiger partial charge is 0.133 e. The molecule has 0 amide bonds. The third kappa shape index (κ3) is 2.42. The Bertz CT molecular complexity index is 516. The molecule has 4 heteroatoms. The van der Waals surface area contributed by atoms with Crippen molar-refractivity contribution in [1.29, 1.82) is 0 Å². The molecule has 0 atom stereocenters. The van der Waals surface area contributed by atoms with Crippen LogP contribution in [0.3, 0.4) is 0 Å². The highest BCUT2D eigenvalue weighted by Crippen LogP contribution is 2.23. The molecule has 1 aromatic carbocycles. The lowest BCUT2D eigenvalue weighted by Gasteiger charge is -2.04. The Kier molecular flexibility index (Phi) is 3.56. The molecule has 0 saturated heterocycles. The van der Waals surface area contributed by atoms with E-state index in [-0.39, 0.29) is 5.82 Å². The summed E-state index contributed by atoms with van der Waals surface area (Å²) in [6.07, 6.45) is 0. The molecule has 1 heterocycles. The number of hydrogen-bond acceptors (Lipinski definition) is 1. The van der Waals surface area contributed by atoms with Crippen LogP contribution in [0.4, 0.5) is 4.39 Å². The SMILES string of the molecule is Fc1cccc(-c2ccc(CBr)c(Cl)n2)c1. The van der Waals surface area contributed by atoms with Crippen molar-refractivity contribution in [2.75, 3.05) is 0 Å². The average Bonchev–Trinajstić information content (AvgIpc) is 2.29. The minimum absolute atomic E-state index is 0.278. The van der Waals surface area contributed by atoms with E-state index in [1.807, 2.05) is 12.1 Å². The molecule has 0 aliphatic rings. The molecule has 0 bridgehead atoms. The highest BCUT2D eigenvalue weighted by molar-refractivity contribution is 9.08. The predicted octanol–water partition coefficient (Wildman–Crippen LogP) is 4.44. The summed E-state index contributed by atoms with van der Waals surface area (Å²) in [6, 6.07) is 10.0. The highest BCUT2D eigenvalue weighted by Gasteiger charge is 2.05. The van der Waals surface area contributed by atoms with E-state index < -0.39 is 0 Å². The average molecular weight is 301 g/mol. The van der Waals surface area contributed by atoms with E-state index >= 15 is 0 Å². The fourth-order valence-electron chi connectivity index (χ4n) is 1.37. The van der Waals surface area contributed by atoms with Gasteiger partial charge < -0.3 is 0 Å². The first-order valence-electron chi connectivity index (χ1n) is 4.68. The van der Waals surface area contributed by atoms with E-state index in [2.05, 4.69) is 20.9 Å². The summed E-state index contributed by atoms with van der Waals surface area (Å²) >= 11 is 9.30. The van der Waals surface area contributed by atoms with E-state index in [1.165, 1.54) is 12.1 Å². The predicted molar refractivity (Wildman–Crippen MR) is 67.3 cm³/mol. The first-order chi connectivity index (χ1) is 7.70. The maximum Gasteiger partial charge on any atom is 0.133 e. The van der Waals surface area contributed by atoms with Gasteiger partial charge in [-0.25, -0.2) is 9.37 Å². The topological polar surface area (TPSA) is 12.9 Å². The Hall–Kier alpha value is -0.930. The van der Waals surface area contributed by atoms with Crippen LogP contribution in [-0.2, 0) is 5.33 Å². The Morgan fingerprint density at radius 2 is 2.06 bits per heavy atom. The fraction of sp³-hybridized carbons (Fsp3) is 0.0833. The summed E-state index contributed by atoms with van der Waals surface area (Å²) < 4.78 is 13.0. The fourth-order valence-corrected chi connectivity index (χ4v) is 2.21. The molecule has 82 valence electrons. The van der Waals surface area contributed by atoms with Gasteiger partial charge in [0, 0.05) is 16.5 Å². The number of benzene rings is 1. The maximum atomic E-state index is 13.0. The highest BCUT2D eigenvalue weighted by atomic mass is 79.9. The maximum absolute atomic E-state index is 13.0. The first-order valence-corrected chi connectivity index (χ1v) is 6.18. The van der Waals surface area contributed by atoms with Crippen LogP contribution < -0.4 is 0 Å². The van der Waals surface area contributed by atoms with Crippen molar-refractivity contribution in [3.8, 4) is 11.3 Å². The molecular weight excluding hydrogens is 292 g/mol. The molecule has 2 aromatic rings. The van der Waals surface area contributed by atoms with Gasteiger partial charge in [0.05, 0.1) is 5.69 Å². The molecular formula is C12H8BrClFN. The van der Waals surface area contributed by atoms with Gasteiger partial charge in [0.1, 0.15) is 11.0 Å². The van der Waals surface area contributed by atoms with Gasteiger partial charge in [0.25, 0.3) is 0 Å². The Labute approximate surface area is 106 Å². The molecule has 0 spiro atoms. The van der Waals surface area contributed by atoms with Gasteiger partial charge in [-0.1, -0.05) is 45.7 Å². The summed E-state index contributed by atoms with van der Waals surface area (Å²) in [4.78, 5) is 4.22. The van der Waals surface area contributed by atoms with Crippen molar-refractivity contribution in [3.05, 3.63) is 52.9 Å². The Morgan fingerprint density at radius 1 is 1.25 bits per heavy atom. The van der Waals surface area contributed by atoms with Gasteiger partial charge >= 0.3 is 0 Å². The quantitative estimate of drug-likeness (QED) is 0.590. The van der Waals surface area contributed by atoms with E-state index in [0.29, 0.717) is 16.2 Å². The first kappa shape index (κ1) is 11.6. The van der Waals surface area contributed by atoms with Gasteiger partial charge in [-0.05, 0) is 18.2 Å². The van der Waals surface area contributed by atoms with Crippen molar-refractivity contribution in [2.45, 2.75) is 5.33 Å². The third-order valence-corrected chi connectivity index (χ3v) is 3.12. The summed E-state index contributed by atoms with van der Waals surface area (Å²) in [5.74, 6) is -0.278. The van der Waals surface area contributed by atoms with Crippen molar-refractivity contribution in [2.24, 2.45) is 0 Å². The van der Waals surface area contributed by atoms with E-state index in [1.54, 1.807) is 12.1 Å². The van der Waals surface area contributed by atoms with E-state index in [0.717, 1.165) is 11.1 Å². The molecule has 2 rings (SSSR count). The van der Waals surface area contributed by atoms with Crippen LogP contribution in [0.15, 0.2) is 36.4 Å². The second-order valence-electron chi connectivity index (χ2n) is 3.29. The van der Waals surface area contributed by atoms with Crippen molar-refractivity contribution in [1.82, 2.24) is 4.98 Å². The molecule has 0 aliphatic heterocycles.